The summed E-state index contributed by atoms with van der Waals surface area (Å²) in [7, 11) is -16.8. The molecule has 0 spiro atoms. The van der Waals surface area contributed by atoms with Crippen molar-refractivity contribution < 1.29 is 60.6 Å². The van der Waals surface area contributed by atoms with Crippen molar-refractivity contribution in [2.24, 2.45) is 0 Å². The van der Waals surface area contributed by atoms with E-state index in [9.17, 15) is 32.9 Å². The smallest absolute Gasteiger partial charge is 0.388 e. The quantitative estimate of drug-likeness (QED) is 0.183. The lowest BCUT2D eigenvalue weighted by molar-refractivity contribution is -0.0463. The monoisotopic (exact) mass is 533 g/mol. The van der Waals surface area contributed by atoms with Gasteiger partial charge < -0.3 is 35.2 Å². The molecule has 1 aromatic heterocycles. The minimum atomic E-state index is -5.75. The highest BCUT2D eigenvalue weighted by Crippen LogP contribution is 2.66. The number of aromatic nitrogens is 2. The Morgan fingerprint density at radius 2 is 1.87 bits per heavy atom. The van der Waals surface area contributed by atoms with Crippen molar-refractivity contribution in [3.05, 3.63) is 22.5 Å². The third-order valence-corrected chi connectivity index (χ3v) is 7.93. The molecule has 6 atom stereocenters. The molecule has 0 saturated carbocycles. The van der Waals surface area contributed by atoms with Gasteiger partial charge >= 0.3 is 29.2 Å². The highest BCUT2D eigenvalue weighted by Gasteiger charge is 2.54. The van der Waals surface area contributed by atoms with Gasteiger partial charge in [-0.15, -0.1) is 11.6 Å². The summed E-state index contributed by atoms with van der Waals surface area (Å²) in [6, 6.07) is 0. The van der Waals surface area contributed by atoms with Gasteiger partial charge in [0.25, 0.3) is 0 Å². The molecule has 1 saturated heterocycles. The number of hydrogen-bond acceptors (Lipinski definition) is 11. The van der Waals surface area contributed by atoms with Crippen LogP contribution in [-0.2, 0) is 31.6 Å². The predicted octanol–water partition coefficient (Wildman–Crippen LogP) is -0.436. The van der Waals surface area contributed by atoms with Crippen molar-refractivity contribution >= 4 is 40.9 Å². The van der Waals surface area contributed by atoms with Crippen LogP contribution in [0, 0.1) is 5.82 Å². The van der Waals surface area contributed by atoms with E-state index in [1.54, 1.807) is 0 Å². The molecule has 31 heavy (non-hydrogen) atoms. The first kappa shape index (κ1) is 26.5. The Hall–Kier alpha value is -0.770. The minimum absolute atomic E-state index is 0.562. The molecule has 0 radical (unpaired) electrons. The van der Waals surface area contributed by atoms with Crippen molar-refractivity contribution in [3.63, 3.8) is 0 Å². The molecule has 7 N–H and O–H groups in total. The molecule has 2 unspecified atom stereocenters. The van der Waals surface area contributed by atoms with Gasteiger partial charge in [0.2, 0.25) is 0 Å². The zero-order valence-electron chi connectivity index (χ0n) is 15.1. The molecule has 0 amide bonds. The second-order valence-electron chi connectivity index (χ2n) is 6.17. The van der Waals surface area contributed by atoms with Crippen molar-refractivity contribution in [1.29, 1.82) is 0 Å². The molecule has 1 fully saturated rings. The van der Waals surface area contributed by atoms with E-state index in [2.05, 4.69) is 18.1 Å². The van der Waals surface area contributed by atoms with E-state index in [1.807, 2.05) is 0 Å². The van der Waals surface area contributed by atoms with E-state index in [0.717, 1.165) is 0 Å². The van der Waals surface area contributed by atoms with Crippen molar-refractivity contribution in [1.82, 2.24) is 9.55 Å². The molecular weight excluding hydrogens is 517 g/mol. The van der Waals surface area contributed by atoms with Crippen molar-refractivity contribution in [2.75, 3.05) is 12.3 Å². The van der Waals surface area contributed by atoms with Crippen molar-refractivity contribution in [2.45, 2.75) is 30.2 Å². The molecule has 178 valence electrons. The number of phosphoric acid groups is 3. The van der Waals surface area contributed by atoms with E-state index in [0.29, 0.717) is 10.8 Å². The first-order valence-corrected chi connectivity index (χ1v) is 12.6. The summed E-state index contributed by atoms with van der Waals surface area (Å²) in [5.41, 5.74) is 4.08. The third kappa shape index (κ3) is 6.62. The number of nitrogens with zero attached hydrogens (tertiary/aromatic N) is 2. The molecule has 0 aromatic carbocycles. The van der Waals surface area contributed by atoms with Crippen LogP contribution >= 0.6 is 35.1 Å². The molecule has 2 rings (SSSR count). The number of nitrogens with two attached hydrogens (primary N) is 1. The number of rotatable bonds is 8. The van der Waals surface area contributed by atoms with Gasteiger partial charge in [-0.3, -0.25) is 9.09 Å². The van der Waals surface area contributed by atoms with Crippen LogP contribution in [-0.4, -0.2) is 57.9 Å². The Kier molecular flexibility index (Phi) is 7.58. The summed E-state index contributed by atoms with van der Waals surface area (Å²) in [6.45, 7) is 0.124. The van der Waals surface area contributed by atoms with Crippen LogP contribution in [0.2, 0.25) is 0 Å². The van der Waals surface area contributed by atoms with Gasteiger partial charge in [-0.2, -0.15) is 13.6 Å². The molecule has 0 bridgehead atoms. The number of nitrogen functional groups attached to an aromatic ring is 1. The highest BCUT2D eigenvalue weighted by atomic mass is 35.5. The maximum atomic E-state index is 13.7. The fraction of sp³-hybridized carbons (Fsp3) is 0.600. The maximum Gasteiger partial charge on any atom is 0.490 e. The zero-order valence-corrected chi connectivity index (χ0v) is 18.5. The lowest BCUT2D eigenvalue weighted by Crippen LogP contribution is -2.42. The lowest BCUT2D eigenvalue weighted by Gasteiger charge is -2.26. The molecule has 1 aromatic rings. The largest absolute Gasteiger partial charge is 0.490 e. The first-order valence-electron chi connectivity index (χ1n) is 7.69. The topological polar surface area (TPSA) is 250 Å². The van der Waals surface area contributed by atoms with Gasteiger partial charge in [-0.05, 0) is 6.92 Å². The summed E-state index contributed by atoms with van der Waals surface area (Å²) in [5, 5.41) is 10.3. The van der Waals surface area contributed by atoms with Gasteiger partial charge in [-0.25, -0.2) is 22.9 Å². The molecule has 16 nitrogen and oxygen atoms in total. The summed E-state index contributed by atoms with van der Waals surface area (Å²) >= 11 is 6.18. The number of anilines is 1. The molecule has 1 aliphatic rings. The number of phosphoric ester groups is 1. The fourth-order valence-electron chi connectivity index (χ4n) is 2.45. The minimum Gasteiger partial charge on any atom is -0.388 e. The van der Waals surface area contributed by atoms with Gasteiger partial charge in [0.15, 0.2) is 17.9 Å². The van der Waals surface area contributed by atoms with Crippen molar-refractivity contribution in [3.8, 4) is 0 Å². The Bertz CT molecular complexity index is 1050. The molecular formula is C10H16ClFN3O13P3. The van der Waals surface area contributed by atoms with Crippen LogP contribution in [0.4, 0.5) is 10.2 Å². The second-order valence-corrected chi connectivity index (χ2v) is 11.4. The number of halogens is 2. The molecule has 0 aliphatic carbocycles. The van der Waals surface area contributed by atoms with E-state index in [-0.39, 0.29) is 0 Å². The van der Waals surface area contributed by atoms with E-state index in [4.69, 9.17) is 36.8 Å². The number of aliphatic hydroxyl groups excluding tert-OH is 1. The van der Waals surface area contributed by atoms with Crippen LogP contribution in [0.5, 0.6) is 0 Å². The molecule has 1 aliphatic heterocycles. The average molecular weight is 534 g/mol. The first-order chi connectivity index (χ1) is 13.8. The van der Waals surface area contributed by atoms with E-state index < -0.39 is 70.7 Å². The molecule has 21 heteroatoms. The average Bonchev–Trinajstić information content (AvgIpc) is 2.76. The van der Waals surface area contributed by atoms with E-state index >= 15 is 0 Å². The Balaban J connectivity index is 2.16. The number of hydrogen-bond donors (Lipinski definition) is 6. The Morgan fingerprint density at radius 3 is 2.42 bits per heavy atom. The van der Waals surface area contributed by atoms with Crippen LogP contribution in [0.1, 0.15) is 13.2 Å². The van der Waals surface area contributed by atoms with Crippen LogP contribution in [0.25, 0.3) is 0 Å². The summed E-state index contributed by atoms with van der Waals surface area (Å²) < 4.78 is 64.7. The summed E-state index contributed by atoms with van der Waals surface area (Å²) in [6.07, 6.45) is -4.27. The van der Waals surface area contributed by atoms with Crippen LogP contribution in [0.15, 0.2) is 11.0 Å². The summed E-state index contributed by atoms with van der Waals surface area (Å²) in [4.78, 5) is 48.9. The number of alkyl halides is 1. The highest BCUT2D eigenvalue weighted by molar-refractivity contribution is 7.66. The van der Waals surface area contributed by atoms with E-state index in [1.165, 1.54) is 6.92 Å². The normalized spacial score (nSPS) is 30.6. The van der Waals surface area contributed by atoms with Gasteiger partial charge in [0, 0.05) is 0 Å². The van der Waals surface area contributed by atoms with Gasteiger partial charge in [0.05, 0.1) is 12.8 Å². The van der Waals surface area contributed by atoms with Gasteiger partial charge in [0.1, 0.15) is 17.1 Å². The number of ether oxygens (including phenoxy) is 1. The SMILES string of the molecule is C[C@@]1(Cl)[C@H](O)[C@@H](COP(=O)(O)OP(=O)(O)OP(=O)(O)O)O[C@H]1n1cc(F)c(N)nc1=O. The fourth-order valence-corrected chi connectivity index (χ4v) is 5.77. The van der Waals surface area contributed by atoms with Gasteiger partial charge in [-0.1, -0.05) is 0 Å². The van der Waals surface area contributed by atoms with Crippen LogP contribution < -0.4 is 11.4 Å². The number of aliphatic hydroxyl groups is 1. The predicted molar refractivity (Wildman–Crippen MR) is 96.9 cm³/mol. The maximum absolute atomic E-state index is 13.7. The lowest BCUT2D eigenvalue weighted by atomic mass is 10.0. The Morgan fingerprint density at radius 1 is 1.29 bits per heavy atom. The van der Waals surface area contributed by atoms with Crippen LogP contribution in [0.3, 0.4) is 0 Å². The Labute approximate surface area is 176 Å². The second kappa shape index (κ2) is 8.88. The standard InChI is InChI=1S/C10H16ClFN3O13P3/c1-10(11)6(16)5(26-8(10)15-2-4(12)7(13)14-9(15)17)3-25-30(21,22)28-31(23,24)27-29(18,19)20/h2,5-6,8,16H,3H2,1H3,(H,21,22)(H,23,24)(H2,13,14,17)(H2,18,19,20)/t5-,6-,8-,10-/m1/s1. The zero-order chi connectivity index (χ0) is 24.0. The summed E-state index contributed by atoms with van der Waals surface area (Å²) in [5.74, 6) is -1.82. The third-order valence-electron chi connectivity index (χ3n) is 3.72. The molecule has 2 heterocycles.